The summed E-state index contributed by atoms with van der Waals surface area (Å²) in [6.07, 6.45) is 0. The second-order valence-corrected chi connectivity index (χ2v) is 8.15. The standard InChI is InChI=1S/C17H28N2O4S/c1-4-23-13-15-5-7-16(8-6-15)17(20)19-10-12-24(21,22)11-9-18-14(2)3/h5-8,14,18H,4,9-13H2,1-3H3,(H,19,20). The maximum Gasteiger partial charge on any atom is 0.251 e. The maximum absolute atomic E-state index is 12.0. The van der Waals surface area contributed by atoms with Gasteiger partial charge in [0.1, 0.15) is 0 Å². The van der Waals surface area contributed by atoms with Crippen LogP contribution in [0.3, 0.4) is 0 Å². The molecule has 0 fully saturated rings. The molecule has 0 saturated heterocycles. The zero-order valence-corrected chi connectivity index (χ0v) is 15.5. The molecular formula is C17H28N2O4S. The molecule has 7 heteroatoms. The van der Waals surface area contributed by atoms with E-state index in [1.165, 1.54) is 0 Å². The van der Waals surface area contributed by atoms with Crippen LogP contribution >= 0.6 is 0 Å². The van der Waals surface area contributed by atoms with Gasteiger partial charge in [-0.05, 0) is 24.6 Å². The molecule has 0 aliphatic carbocycles. The van der Waals surface area contributed by atoms with Gasteiger partial charge in [-0.15, -0.1) is 0 Å². The van der Waals surface area contributed by atoms with Crippen molar-refractivity contribution in [1.29, 1.82) is 0 Å². The van der Waals surface area contributed by atoms with Gasteiger partial charge in [-0.3, -0.25) is 4.79 Å². The monoisotopic (exact) mass is 356 g/mol. The maximum atomic E-state index is 12.0. The Morgan fingerprint density at radius 2 is 1.75 bits per heavy atom. The number of benzene rings is 1. The van der Waals surface area contributed by atoms with Gasteiger partial charge in [0.15, 0.2) is 9.84 Å². The van der Waals surface area contributed by atoms with Gasteiger partial charge < -0.3 is 15.4 Å². The number of sulfone groups is 1. The predicted molar refractivity (Wildman–Crippen MR) is 95.9 cm³/mol. The summed E-state index contributed by atoms with van der Waals surface area (Å²) in [6, 6.07) is 7.35. The van der Waals surface area contributed by atoms with Gasteiger partial charge in [0.2, 0.25) is 0 Å². The van der Waals surface area contributed by atoms with Crippen molar-refractivity contribution < 1.29 is 17.9 Å². The van der Waals surface area contributed by atoms with Gasteiger partial charge in [0.25, 0.3) is 5.91 Å². The minimum absolute atomic E-state index is 0.0546. The van der Waals surface area contributed by atoms with Crippen LogP contribution in [0.4, 0.5) is 0 Å². The van der Waals surface area contributed by atoms with E-state index in [1.54, 1.807) is 12.1 Å². The Balaban J connectivity index is 2.37. The van der Waals surface area contributed by atoms with Crippen molar-refractivity contribution in [2.45, 2.75) is 33.4 Å². The van der Waals surface area contributed by atoms with Crippen LogP contribution in [-0.2, 0) is 21.2 Å². The Labute approximate surface area is 144 Å². The average Bonchev–Trinajstić information content (AvgIpc) is 2.52. The Kier molecular flexibility index (Phi) is 8.95. The molecule has 0 radical (unpaired) electrons. The second kappa shape index (κ2) is 10.4. The van der Waals surface area contributed by atoms with E-state index in [9.17, 15) is 13.2 Å². The molecule has 0 spiro atoms. The highest BCUT2D eigenvalue weighted by atomic mass is 32.2. The number of hydrogen-bond donors (Lipinski definition) is 2. The molecule has 6 nitrogen and oxygen atoms in total. The number of amides is 1. The summed E-state index contributed by atoms with van der Waals surface area (Å²) in [5.74, 6) is -0.248. The number of hydrogen-bond acceptors (Lipinski definition) is 5. The molecule has 24 heavy (non-hydrogen) atoms. The molecular weight excluding hydrogens is 328 g/mol. The number of carbonyl (C=O) groups is 1. The molecule has 1 aromatic carbocycles. The molecule has 0 heterocycles. The summed E-state index contributed by atoms with van der Waals surface area (Å²) < 4.78 is 29.0. The predicted octanol–water partition coefficient (Wildman–Crippen LogP) is 1.37. The van der Waals surface area contributed by atoms with Crippen molar-refractivity contribution in [3.05, 3.63) is 35.4 Å². The topological polar surface area (TPSA) is 84.5 Å². The SMILES string of the molecule is CCOCc1ccc(C(=O)NCCS(=O)(=O)CCNC(C)C)cc1. The van der Waals surface area contributed by atoms with Crippen LogP contribution < -0.4 is 10.6 Å². The average molecular weight is 356 g/mol. The second-order valence-electron chi connectivity index (χ2n) is 5.85. The lowest BCUT2D eigenvalue weighted by Crippen LogP contribution is -2.33. The third-order valence-electron chi connectivity index (χ3n) is 3.35. The number of ether oxygens (including phenoxy) is 1. The molecule has 0 bridgehead atoms. The van der Waals surface area contributed by atoms with Crippen molar-refractivity contribution in [2.75, 3.05) is 31.2 Å². The van der Waals surface area contributed by atoms with E-state index in [0.29, 0.717) is 25.3 Å². The van der Waals surface area contributed by atoms with Gasteiger partial charge in [-0.25, -0.2) is 8.42 Å². The van der Waals surface area contributed by atoms with E-state index in [2.05, 4.69) is 10.6 Å². The number of rotatable bonds is 11. The molecule has 0 aliphatic rings. The van der Waals surface area contributed by atoms with E-state index in [-0.39, 0.29) is 30.0 Å². The Hall–Kier alpha value is -1.44. The van der Waals surface area contributed by atoms with Crippen molar-refractivity contribution in [2.24, 2.45) is 0 Å². The van der Waals surface area contributed by atoms with E-state index in [1.807, 2.05) is 32.9 Å². The van der Waals surface area contributed by atoms with E-state index >= 15 is 0 Å². The molecule has 0 aliphatic heterocycles. The lowest BCUT2D eigenvalue weighted by Gasteiger charge is -2.09. The van der Waals surface area contributed by atoms with Crippen LogP contribution in [0.15, 0.2) is 24.3 Å². The first-order valence-corrected chi connectivity index (χ1v) is 10.0. The van der Waals surface area contributed by atoms with Crippen LogP contribution in [0.5, 0.6) is 0 Å². The first-order valence-electron chi connectivity index (χ1n) is 8.22. The van der Waals surface area contributed by atoms with Crippen LogP contribution in [0.1, 0.15) is 36.7 Å². The third kappa shape index (κ3) is 8.42. The molecule has 1 rings (SSSR count). The Bertz CT molecular complexity index is 598. The fourth-order valence-electron chi connectivity index (χ4n) is 2.00. The van der Waals surface area contributed by atoms with Crippen LogP contribution in [-0.4, -0.2) is 51.6 Å². The van der Waals surface area contributed by atoms with Crippen molar-refractivity contribution in [3.8, 4) is 0 Å². The van der Waals surface area contributed by atoms with Gasteiger partial charge in [-0.1, -0.05) is 26.0 Å². The van der Waals surface area contributed by atoms with Crippen LogP contribution in [0, 0.1) is 0 Å². The molecule has 2 N–H and O–H groups in total. The normalized spacial score (nSPS) is 11.7. The molecule has 0 unspecified atom stereocenters. The summed E-state index contributed by atoms with van der Waals surface area (Å²) >= 11 is 0. The van der Waals surface area contributed by atoms with Crippen LogP contribution in [0.2, 0.25) is 0 Å². The van der Waals surface area contributed by atoms with E-state index < -0.39 is 9.84 Å². The highest BCUT2D eigenvalue weighted by molar-refractivity contribution is 7.91. The van der Waals surface area contributed by atoms with E-state index in [4.69, 9.17) is 4.74 Å². The number of carbonyl (C=O) groups excluding carboxylic acids is 1. The molecule has 1 aromatic rings. The summed E-state index contributed by atoms with van der Waals surface area (Å²) in [5.41, 5.74) is 1.50. The minimum atomic E-state index is -3.17. The zero-order chi connectivity index (χ0) is 18.0. The van der Waals surface area contributed by atoms with Crippen molar-refractivity contribution in [1.82, 2.24) is 10.6 Å². The van der Waals surface area contributed by atoms with Crippen molar-refractivity contribution in [3.63, 3.8) is 0 Å². The quantitative estimate of drug-likeness (QED) is 0.625. The third-order valence-corrected chi connectivity index (χ3v) is 5.01. The fourth-order valence-corrected chi connectivity index (χ4v) is 3.05. The van der Waals surface area contributed by atoms with Gasteiger partial charge >= 0.3 is 0 Å². The molecule has 0 aromatic heterocycles. The molecule has 0 atom stereocenters. The Morgan fingerprint density at radius 3 is 2.33 bits per heavy atom. The lowest BCUT2D eigenvalue weighted by molar-refractivity contribution is 0.0956. The highest BCUT2D eigenvalue weighted by Gasteiger charge is 2.12. The summed E-state index contributed by atoms with van der Waals surface area (Å²) in [5, 5.41) is 5.72. The zero-order valence-electron chi connectivity index (χ0n) is 14.7. The first kappa shape index (κ1) is 20.6. The summed E-state index contributed by atoms with van der Waals surface area (Å²) in [4.78, 5) is 12.0. The molecule has 136 valence electrons. The highest BCUT2D eigenvalue weighted by Crippen LogP contribution is 2.06. The fraction of sp³-hybridized carbons (Fsp3) is 0.588. The summed E-state index contributed by atoms with van der Waals surface area (Å²) in [6.45, 7) is 7.55. The lowest BCUT2D eigenvalue weighted by atomic mass is 10.1. The van der Waals surface area contributed by atoms with Crippen molar-refractivity contribution >= 4 is 15.7 Å². The van der Waals surface area contributed by atoms with Crippen LogP contribution in [0.25, 0.3) is 0 Å². The van der Waals surface area contributed by atoms with Gasteiger partial charge in [0, 0.05) is 31.3 Å². The Morgan fingerprint density at radius 1 is 1.12 bits per heavy atom. The smallest absolute Gasteiger partial charge is 0.251 e. The first-order chi connectivity index (χ1) is 11.3. The van der Waals surface area contributed by atoms with Gasteiger partial charge in [0.05, 0.1) is 18.1 Å². The summed E-state index contributed by atoms with van der Waals surface area (Å²) in [7, 11) is -3.17. The minimum Gasteiger partial charge on any atom is -0.377 e. The molecule has 0 saturated carbocycles. The largest absolute Gasteiger partial charge is 0.377 e. The van der Waals surface area contributed by atoms with Gasteiger partial charge in [-0.2, -0.15) is 0 Å². The molecule has 1 amide bonds. The van der Waals surface area contributed by atoms with E-state index in [0.717, 1.165) is 5.56 Å². The number of nitrogens with one attached hydrogen (secondary N) is 2.